The van der Waals surface area contributed by atoms with E-state index < -0.39 is 50.0 Å². The van der Waals surface area contributed by atoms with Gasteiger partial charge < -0.3 is 4.74 Å². The van der Waals surface area contributed by atoms with Gasteiger partial charge in [0.1, 0.15) is 0 Å². The standard InChI is InChI=1S/C13H5F4IO5S/c14-7-9(16)12(24(20,21)22)10(17)8(15)11(7)23-13(19)5-2-1-3-6(18)4-5/h1-4H,(H,20,21,22). The van der Waals surface area contributed by atoms with Gasteiger partial charge in [-0.3, -0.25) is 4.55 Å². The Bertz CT molecular complexity index is 917. The molecule has 0 saturated carbocycles. The molecule has 0 saturated heterocycles. The number of hydrogen-bond acceptors (Lipinski definition) is 4. The number of halogens is 5. The van der Waals surface area contributed by atoms with Crippen LogP contribution in [0.1, 0.15) is 10.4 Å². The summed E-state index contributed by atoms with van der Waals surface area (Å²) in [5, 5.41) is 0. The maximum atomic E-state index is 13.8. The Kier molecular flexibility index (Phi) is 5.15. The van der Waals surface area contributed by atoms with E-state index in [9.17, 15) is 30.8 Å². The summed E-state index contributed by atoms with van der Waals surface area (Å²) in [6.45, 7) is 0. The predicted octanol–water partition coefficient (Wildman–Crippen LogP) is 3.31. The lowest BCUT2D eigenvalue weighted by molar-refractivity contribution is 0.0716. The molecule has 0 atom stereocenters. The number of benzene rings is 2. The van der Waals surface area contributed by atoms with Gasteiger partial charge in [-0.05, 0) is 40.8 Å². The molecule has 2 aromatic rings. The van der Waals surface area contributed by atoms with Crippen LogP contribution >= 0.6 is 22.6 Å². The minimum atomic E-state index is -5.58. The van der Waals surface area contributed by atoms with Gasteiger partial charge in [0.25, 0.3) is 0 Å². The second kappa shape index (κ2) is 6.64. The van der Waals surface area contributed by atoms with Crippen LogP contribution in [0.3, 0.4) is 0 Å². The molecule has 0 aliphatic carbocycles. The Hall–Kier alpha value is -1.73. The first-order valence-electron chi connectivity index (χ1n) is 5.85. The van der Waals surface area contributed by atoms with E-state index in [2.05, 4.69) is 4.74 Å². The molecule has 0 heterocycles. The highest BCUT2D eigenvalue weighted by Gasteiger charge is 2.34. The molecule has 11 heteroatoms. The summed E-state index contributed by atoms with van der Waals surface area (Å²) < 4.78 is 89.8. The summed E-state index contributed by atoms with van der Waals surface area (Å²) in [6, 6.07) is 5.52. The maximum absolute atomic E-state index is 13.8. The highest BCUT2D eigenvalue weighted by Crippen LogP contribution is 2.32. The lowest BCUT2D eigenvalue weighted by Crippen LogP contribution is -2.16. The molecule has 0 radical (unpaired) electrons. The van der Waals surface area contributed by atoms with Crippen molar-refractivity contribution in [1.29, 1.82) is 0 Å². The van der Waals surface area contributed by atoms with Gasteiger partial charge in [-0.25, -0.2) is 13.6 Å². The zero-order valence-corrected chi connectivity index (χ0v) is 14.2. The van der Waals surface area contributed by atoms with E-state index in [4.69, 9.17) is 4.55 Å². The van der Waals surface area contributed by atoms with Crippen molar-refractivity contribution in [3.63, 3.8) is 0 Å². The van der Waals surface area contributed by atoms with Crippen molar-refractivity contribution in [1.82, 2.24) is 0 Å². The SMILES string of the molecule is O=C(Oc1c(F)c(F)c(S(=O)(=O)O)c(F)c1F)c1cccc(I)c1. The molecule has 0 amide bonds. The Morgan fingerprint density at radius 1 is 1.04 bits per heavy atom. The van der Waals surface area contributed by atoms with Crippen molar-refractivity contribution in [2.75, 3.05) is 0 Å². The molecule has 24 heavy (non-hydrogen) atoms. The largest absolute Gasteiger partial charge is 0.416 e. The monoisotopic (exact) mass is 476 g/mol. The number of carbonyl (C=O) groups excluding carboxylic acids is 1. The highest BCUT2D eigenvalue weighted by atomic mass is 127. The van der Waals surface area contributed by atoms with Crippen LogP contribution in [0, 0.1) is 26.8 Å². The number of rotatable bonds is 3. The Balaban J connectivity index is 2.55. The van der Waals surface area contributed by atoms with Crippen LogP contribution in [0.4, 0.5) is 17.6 Å². The first kappa shape index (κ1) is 18.6. The van der Waals surface area contributed by atoms with E-state index in [-0.39, 0.29) is 5.56 Å². The zero-order chi connectivity index (χ0) is 18.2. The molecule has 0 aliphatic rings. The predicted molar refractivity (Wildman–Crippen MR) is 80.2 cm³/mol. The molecule has 0 unspecified atom stereocenters. The molecule has 128 valence electrons. The second-order valence-electron chi connectivity index (χ2n) is 4.29. The molecular formula is C13H5F4IO5S. The van der Waals surface area contributed by atoms with Crippen LogP contribution in [-0.2, 0) is 10.1 Å². The fourth-order valence-corrected chi connectivity index (χ4v) is 2.85. The number of ether oxygens (including phenoxy) is 1. The smallest absolute Gasteiger partial charge is 0.343 e. The van der Waals surface area contributed by atoms with Gasteiger partial charge in [0.2, 0.25) is 17.4 Å². The van der Waals surface area contributed by atoms with E-state index in [1.165, 1.54) is 18.2 Å². The van der Waals surface area contributed by atoms with Gasteiger partial charge in [-0.1, -0.05) is 6.07 Å². The summed E-state index contributed by atoms with van der Waals surface area (Å²) in [5.74, 6) is -12.5. The van der Waals surface area contributed by atoms with E-state index in [0.29, 0.717) is 3.57 Å². The summed E-state index contributed by atoms with van der Waals surface area (Å²) in [5.41, 5.74) is -0.166. The third-order valence-corrected chi connectivity index (χ3v) is 4.24. The van der Waals surface area contributed by atoms with Gasteiger partial charge in [0, 0.05) is 3.57 Å². The van der Waals surface area contributed by atoms with Crippen molar-refractivity contribution >= 4 is 38.7 Å². The number of hydrogen-bond donors (Lipinski definition) is 1. The van der Waals surface area contributed by atoms with E-state index in [1.54, 1.807) is 6.07 Å². The topological polar surface area (TPSA) is 80.7 Å². The molecule has 0 spiro atoms. The third kappa shape index (κ3) is 3.52. The lowest BCUT2D eigenvalue weighted by Gasteiger charge is -2.10. The quantitative estimate of drug-likeness (QED) is 0.184. The molecule has 0 aliphatic heterocycles. The third-order valence-electron chi connectivity index (χ3n) is 2.70. The van der Waals surface area contributed by atoms with Crippen molar-refractivity contribution in [3.05, 3.63) is 56.7 Å². The van der Waals surface area contributed by atoms with Crippen LogP contribution in [0.5, 0.6) is 5.75 Å². The summed E-state index contributed by atoms with van der Waals surface area (Å²) in [6.07, 6.45) is 0. The van der Waals surface area contributed by atoms with Gasteiger partial charge in [-0.15, -0.1) is 0 Å². The number of esters is 1. The van der Waals surface area contributed by atoms with Gasteiger partial charge in [0.05, 0.1) is 5.56 Å². The summed E-state index contributed by atoms with van der Waals surface area (Å²) >= 11 is 1.84. The van der Waals surface area contributed by atoms with Crippen molar-refractivity contribution in [2.24, 2.45) is 0 Å². The van der Waals surface area contributed by atoms with Crippen LogP contribution in [-0.4, -0.2) is 18.9 Å². The first-order chi connectivity index (χ1) is 11.0. The molecule has 0 aromatic heterocycles. The molecule has 1 N–H and O–H groups in total. The average Bonchev–Trinajstić information content (AvgIpc) is 2.48. The van der Waals surface area contributed by atoms with Crippen molar-refractivity contribution in [2.45, 2.75) is 4.90 Å². The van der Waals surface area contributed by atoms with Crippen LogP contribution < -0.4 is 4.74 Å². The van der Waals surface area contributed by atoms with Gasteiger partial charge in [0.15, 0.2) is 16.5 Å². The second-order valence-corrected chi connectivity index (χ2v) is 6.89. The maximum Gasteiger partial charge on any atom is 0.343 e. The normalized spacial score (nSPS) is 11.4. The summed E-state index contributed by atoms with van der Waals surface area (Å²) in [4.78, 5) is 9.59. The zero-order valence-electron chi connectivity index (χ0n) is 11.2. The molecular weight excluding hydrogens is 471 g/mol. The van der Waals surface area contributed by atoms with Crippen LogP contribution in [0.15, 0.2) is 29.2 Å². The number of carbonyl (C=O) groups is 1. The van der Waals surface area contributed by atoms with E-state index in [0.717, 1.165) is 0 Å². The fourth-order valence-electron chi connectivity index (χ4n) is 1.67. The van der Waals surface area contributed by atoms with Crippen molar-refractivity contribution < 1.29 is 40.1 Å². The average molecular weight is 476 g/mol. The molecule has 0 fully saturated rings. The van der Waals surface area contributed by atoms with Crippen LogP contribution in [0.25, 0.3) is 0 Å². The van der Waals surface area contributed by atoms with E-state index in [1.807, 2.05) is 22.6 Å². The Morgan fingerprint density at radius 2 is 1.58 bits per heavy atom. The molecule has 2 rings (SSSR count). The minimum absolute atomic E-state index is 0.166. The molecule has 5 nitrogen and oxygen atoms in total. The molecule has 2 aromatic carbocycles. The minimum Gasteiger partial charge on any atom is -0.416 e. The summed E-state index contributed by atoms with van der Waals surface area (Å²) in [7, 11) is -5.58. The lowest BCUT2D eigenvalue weighted by atomic mass is 10.2. The van der Waals surface area contributed by atoms with Crippen LogP contribution in [0.2, 0.25) is 0 Å². The molecule has 0 bridgehead atoms. The Morgan fingerprint density at radius 3 is 2.04 bits per heavy atom. The fraction of sp³-hybridized carbons (Fsp3) is 0. The first-order valence-corrected chi connectivity index (χ1v) is 8.37. The van der Waals surface area contributed by atoms with E-state index >= 15 is 0 Å². The van der Waals surface area contributed by atoms with Gasteiger partial charge in [-0.2, -0.15) is 17.2 Å². The van der Waals surface area contributed by atoms with Gasteiger partial charge >= 0.3 is 16.1 Å². The highest BCUT2D eigenvalue weighted by molar-refractivity contribution is 14.1. The Labute approximate surface area is 146 Å². The van der Waals surface area contributed by atoms with Crippen molar-refractivity contribution in [3.8, 4) is 5.75 Å².